The standard InChI is InChI=1S/C23H23N/c1-23(2,3)24-20-15-9-7-13-18(20)22(17-11-5-4-6-12-17)19-14-8-10-16-21(19)24/h4-16,22H,1-3H3. The molecule has 0 saturated carbocycles. The second kappa shape index (κ2) is 5.52. The molecule has 0 N–H and O–H groups in total. The normalized spacial score (nSPS) is 14.2. The topological polar surface area (TPSA) is 3.24 Å². The number of anilines is 2. The Morgan fingerprint density at radius 2 is 1.08 bits per heavy atom. The number of hydrogen-bond acceptors (Lipinski definition) is 1. The van der Waals surface area contributed by atoms with Gasteiger partial charge >= 0.3 is 0 Å². The van der Waals surface area contributed by atoms with Crippen LogP contribution in [0.3, 0.4) is 0 Å². The predicted octanol–water partition coefficient (Wildman–Crippen LogP) is 6.12. The summed E-state index contributed by atoms with van der Waals surface area (Å²) in [6.45, 7) is 6.84. The minimum atomic E-state index is 0.0217. The van der Waals surface area contributed by atoms with Gasteiger partial charge in [0.05, 0.1) is 0 Å². The van der Waals surface area contributed by atoms with Crippen molar-refractivity contribution in [3.63, 3.8) is 0 Å². The lowest BCUT2D eigenvalue weighted by Gasteiger charge is -2.45. The van der Waals surface area contributed by atoms with Crippen LogP contribution >= 0.6 is 0 Å². The maximum atomic E-state index is 2.48. The van der Waals surface area contributed by atoms with Gasteiger partial charge in [0, 0.05) is 22.8 Å². The van der Waals surface area contributed by atoms with Crippen LogP contribution in [0, 0.1) is 0 Å². The Labute approximate surface area is 144 Å². The largest absolute Gasteiger partial charge is 0.336 e. The Balaban J connectivity index is 2.03. The summed E-state index contributed by atoms with van der Waals surface area (Å²) in [5.41, 5.74) is 6.78. The molecule has 1 nitrogen and oxygen atoms in total. The fourth-order valence-electron chi connectivity index (χ4n) is 3.90. The van der Waals surface area contributed by atoms with Crippen LogP contribution in [-0.2, 0) is 0 Å². The van der Waals surface area contributed by atoms with E-state index in [1.165, 1.54) is 28.1 Å². The summed E-state index contributed by atoms with van der Waals surface area (Å²) in [6.07, 6.45) is 0. The summed E-state index contributed by atoms with van der Waals surface area (Å²) in [5.74, 6) is 0.289. The van der Waals surface area contributed by atoms with Crippen molar-refractivity contribution in [2.45, 2.75) is 32.2 Å². The van der Waals surface area contributed by atoms with Crippen molar-refractivity contribution in [2.75, 3.05) is 4.90 Å². The molecule has 1 aliphatic heterocycles. The molecule has 0 atom stereocenters. The molecule has 3 aromatic rings. The first-order valence-electron chi connectivity index (χ1n) is 8.60. The van der Waals surface area contributed by atoms with Gasteiger partial charge in [0.25, 0.3) is 0 Å². The highest BCUT2D eigenvalue weighted by Crippen LogP contribution is 2.50. The minimum Gasteiger partial charge on any atom is -0.336 e. The second-order valence-electron chi connectivity index (χ2n) is 7.47. The number of fused-ring (bicyclic) bond motifs is 2. The van der Waals surface area contributed by atoms with E-state index < -0.39 is 0 Å². The van der Waals surface area contributed by atoms with Gasteiger partial charge in [0.1, 0.15) is 0 Å². The molecule has 0 fully saturated rings. The molecule has 24 heavy (non-hydrogen) atoms. The van der Waals surface area contributed by atoms with E-state index in [2.05, 4.69) is 105 Å². The average molecular weight is 313 g/mol. The summed E-state index contributed by atoms with van der Waals surface area (Å²) in [6, 6.07) is 28.5. The first kappa shape index (κ1) is 15.0. The van der Waals surface area contributed by atoms with Crippen molar-refractivity contribution in [3.8, 4) is 0 Å². The maximum Gasteiger partial charge on any atom is 0.0458 e. The van der Waals surface area contributed by atoms with E-state index in [4.69, 9.17) is 0 Å². The lowest BCUT2D eigenvalue weighted by molar-refractivity contribution is 0.552. The third-order valence-corrected chi connectivity index (χ3v) is 4.78. The number of hydrogen-bond donors (Lipinski definition) is 0. The van der Waals surface area contributed by atoms with Crippen molar-refractivity contribution in [1.82, 2.24) is 0 Å². The molecule has 0 spiro atoms. The van der Waals surface area contributed by atoms with E-state index in [1.807, 2.05) is 0 Å². The fourth-order valence-corrected chi connectivity index (χ4v) is 3.90. The predicted molar refractivity (Wildman–Crippen MR) is 102 cm³/mol. The molecule has 1 heteroatoms. The Kier molecular flexibility index (Phi) is 3.45. The molecule has 1 heterocycles. The molecule has 0 aromatic heterocycles. The molecular weight excluding hydrogens is 290 g/mol. The first-order valence-corrected chi connectivity index (χ1v) is 8.60. The third-order valence-electron chi connectivity index (χ3n) is 4.78. The molecule has 1 aliphatic rings. The molecule has 3 aromatic carbocycles. The molecule has 0 radical (unpaired) electrons. The Morgan fingerprint density at radius 3 is 1.58 bits per heavy atom. The van der Waals surface area contributed by atoms with Crippen LogP contribution in [-0.4, -0.2) is 5.54 Å². The average Bonchev–Trinajstić information content (AvgIpc) is 2.59. The third kappa shape index (κ3) is 2.32. The molecule has 0 amide bonds. The number of para-hydroxylation sites is 2. The van der Waals surface area contributed by atoms with Gasteiger partial charge in [-0.2, -0.15) is 0 Å². The van der Waals surface area contributed by atoms with Gasteiger partial charge in [-0.05, 0) is 49.6 Å². The fraction of sp³-hybridized carbons (Fsp3) is 0.217. The Hall–Kier alpha value is -2.54. The van der Waals surface area contributed by atoms with Crippen molar-refractivity contribution >= 4 is 11.4 Å². The zero-order valence-electron chi connectivity index (χ0n) is 14.5. The van der Waals surface area contributed by atoms with Crippen LogP contribution in [0.1, 0.15) is 43.4 Å². The number of rotatable bonds is 1. The van der Waals surface area contributed by atoms with Crippen molar-refractivity contribution in [2.24, 2.45) is 0 Å². The van der Waals surface area contributed by atoms with Gasteiger partial charge in [-0.15, -0.1) is 0 Å². The van der Waals surface area contributed by atoms with E-state index in [0.29, 0.717) is 0 Å². The zero-order chi connectivity index (χ0) is 16.7. The van der Waals surface area contributed by atoms with Gasteiger partial charge in [-0.3, -0.25) is 0 Å². The van der Waals surface area contributed by atoms with E-state index in [0.717, 1.165) is 0 Å². The van der Waals surface area contributed by atoms with Crippen molar-refractivity contribution in [1.29, 1.82) is 0 Å². The van der Waals surface area contributed by atoms with Crippen molar-refractivity contribution in [3.05, 3.63) is 95.6 Å². The summed E-state index contributed by atoms with van der Waals surface area (Å²) >= 11 is 0. The molecule has 0 bridgehead atoms. The molecule has 0 saturated heterocycles. The monoisotopic (exact) mass is 313 g/mol. The van der Waals surface area contributed by atoms with E-state index >= 15 is 0 Å². The highest BCUT2D eigenvalue weighted by molar-refractivity contribution is 5.79. The van der Waals surface area contributed by atoms with Crippen LogP contribution in [0.15, 0.2) is 78.9 Å². The molecule has 0 aliphatic carbocycles. The van der Waals surface area contributed by atoms with Crippen LogP contribution in [0.5, 0.6) is 0 Å². The van der Waals surface area contributed by atoms with Gasteiger partial charge < -0.3 is 4.90 Å². The van der Waals surface area contributed by atoms with Crippen LogP contribution in [0.2, 0.25) is 0 Å². The lowest BCUT2D eigenvalue weighted by Crippen LogP contribution is -2.41. The number of nitrogens with zero attached hydrogens (tertiary/aromatic N) is 1. The minimum absolute atomic E-state index is 0.0217. The van der Waals surface area contributed by atoms with Crippen molar-refractivity contribution < 1.29 is 0 Å². The van der Waals surface area contributed by atoms with Crippen LogP contribution < -0.4 is 4.90 Å². The SMILES string of the molecule is CC(C)(C)N1c2ccccc2C(c2ccccc2)c2ccccc21. The quantitative estimate of drug-likeness (QED) is 0.523. The molecule has 4 rings (SSSR count). The summed E-state index contributed by atoms with van der Waals surface area (Å²) in [5, 5.41) is 0. The highest BCUT2D eigenvalue weighted by atomic mass is 15.2. The highest BCUT2D eigenvalue weighted by Gasteiger charge is 2.35. The molecule has 120 valence electrons. The van der Waals surface area contributed by atoms with E-state index in [-0.39, 0.29) is 11.5 Å². The maximum absolute atomic E-state index is 2.48. The van der Waals surface area contributed by atoms with Crippen LogP contribution in [0.25, 0.3) is 0 Å². The summed E-state index contributed by atoms with van der Waals surface area (Å²) in [7, 11) is 0. The van der Waals surface area contributed by atoms with E-state index in [1.54, 1.807) is 0 Å². The zero-order valence-corrected chi connectivity index (χ0v) is 14.5. The summed E-state index contributed by atoms with van der Waals surface area (Å²) < 4.78 is 0. The summed E-state index contributed by atoms with van der Waals surface area (Å²) in [4.78, 5) is 2.48. The lowest BCUT2D eigenvalue weighted by atomic mass is 9.79. The van der Waals surface area contributed by atoms with Crippen LogP contribution in [0.4, 0.5) is 11.4 Å². The van der Waals surface area contributed by atoms with Gasteiger partial charge in [-0.25, -0.2) is 0 Å². The Morgan fingerprint density at radius 1 is 0.625 bits per heavy atom. The van der Waals surface area contributed by atoms with E-state index in [9.17, 15) is 0 Å². The Bertz CT molecular complexity index is 811. The number of benzene rings is 3. The van der Waals surface area contributed by atoms with Gasteiger partial charge in [0.2, 0.25) is 0 Å². The first-order chi connectivity index (χ1) is 11.6. The second-order valence-corrected chi connectivity index (χ2v) is 7.47. The smallest absolute Gasteiger partial charge is 0.0458 e. The molecule has 0 unspecified atom stereocenters. The molecular formula is C23H23N. The van der Waals surface area contributed by atoms with Gasteiger partial charge in [0.15, 0.2) is 0 Å². The van der Waals surface area contributed by atoms with Gasteiger partial charge in [-0.1, -0.05) is 66.7 Å².